The van der Waals surface area contributed by atoms with Gasteiger partial charge in [0, 0.05) is 11.9 Å². The van der Waals surface area contributed by atoms with Crippen LogP contribution in [0, 0.1) is 0 Å². The summed E-state index contributed by atoms with van der Waals surface area (Å²) in [6.45, 7) is 0.748. The van der Waals surface area contributed by atoms with Gasteiger partial charge in [-0.25, -0.2) is 4.98 Å². The zero-order chi connectivity index (χ0) is 20.1. The van der Waals surface area contributed by atoms with Gasteiger partial charge in [-0.15, -0.1) is 0 Å². The third-order valence-corrected chi connectivity index (χ3v) is 5.52. The predicted octanol–water partition coefficient (Wildman–Crippen LogP) is 4.47. The van der Waals surface area contributed by atoms with Crippen LogP contribution < -0.4 is 10.6 Å². The molecule has 1 fully saturated rings. The Hall–Kier alpha value is -1.86. The smallest absolute Gasteiger partial charge is 0.241 e. The van der Waals surface area contributed by atoms with E-state index < -0.39 is 6.04 Å². The van der Waals surface area contributed by atoms with Gasteiger partial charge in [-0.2, -0.15) is 0 Å². The Morgan fingerprint density at radius 3 is 2.68 bits per heavy atom. The fourth-order valence-electron chi connectivity index (χ4n) is 3.13. The van der Waals surface area contributed by atoms with Gasteiger partial charge in [0.05, 0.1) is 28.3 Å². The summed E-state index contributed by atoms with van der Waals surface area (Å²) < 4.78 is 0. The van der Waals surface area contributed by atoms with Gasteiger partial charge in [-0.1, -0.05) is 41.2 Å². The lowest BCUT2D eigenvalue weighted by molar-refractivity contribution is -0.124. The molecule has 0 saturated carbocycles. The van der Waals surface area contributed by atoms with Gasteiger partial charge in [-0.05, 0) is 49.7 Å². The maximum Gasteiger partial charge on any atom is 0.241 e. The molecular formula is C19H19Cl3N4O2. The molecule has 0 radical (unpaired) electrons. The summed E-state index contributed by atoms with van der Waals surface area (Å²) >= 11 is 17.9. The van der Waals surface area contributed by atoms with Crippen molar-refractivity contribution in [3.05, 3.63) is 51.7 Å². The van der Waals surface area contributed by atoms with E-state index in [0.29, 0.717) is 34.4 Å². The second kappa shape index (κ2) is 9.56. The predicted molar refractivity (Wildman–Crippen MR) is 112 cm³/mol. The number of carbonyl (C=O) groups excluding carboxylic acids is 2. The van der Waals surface area contributed by atoms with Crippen molar-refractivity contribution in [1.82, 2.24) is 9.88 Å². The quantitative estimate of drug-likeness (QED) is 0.671. The number of halogens is 3. The van der Waals surface area contributed by atoms with Crippen molar-refractivity contribution in [2.75, 3.05) is 23.7 Å². The average molecular weight is 442 g/mol. The number of nitrogens with zero attached hydrogens (tertiary/aromatic N) is 2. The first kappa shape index (κ1) is 20.9. The number of hydrogen-bond donors (Lipinski definition) is 2. The van der Waals surface area contributed by atoms with Crippen LogP contribution in [0.2, 0.25) is 15.2 Å². The summed E-state index contributed by atoms with van der Waals surface area (Å²) in [5.74, 6) is -0.422. The summed E-state index contributed by atoms with van der Waals surface area (Å²) in [4.78, 5) is 31.0. The Morgan fingerprint density at radius 1 is 1.11 bits per heavy atom. The van der Waals surface area contributed by atoms with E-state index in [1.54, 1.807) is 36.5 Å². The molecule has 1 atom stereocenters. The minimum atomic E-state index is -0.404. The van der Waals surface area contributed by atoms with Crippen molar-refractivity contribution in [2.24, 2.45) is 0 Å². The summed E-state index contributed by atoms with van der Waals surface area (Å²) in [6, 6.07) is 7.89. The maximum atomic E-state index is 12.8. The van der Waals surface area contributed by atoms with Crippen molar-refractivity contribution in [1.29, 1.82) is 0 Å². The standard InChI is InChI=1S/C19H19Cl3N4O2/c20-13-7-6-12(10-14(13)21)24-19(28)16-5-1-2-9-26(16)11-17(27)25-15-4-3-8-23-18(15)22/h3-4,6-8,10,16H,1-2,5,9,11H2,(H,24,28)(H,25,27). The van der Waals surface area contributed by atoms with E-state index in [2.05, 4.69) is 15.6 Å². The van der Waals surface area contributed by atoms with Crippen molar-refractivity contribution in [3.63, 3.8) is 0 Å². The van der Waals surface area contributed by atoms with E-state index >= 15 is 0 Å². The molecule has 2 amide bonds. The number of benzene rings is 1. The maximum absolute atomic E-state index is 12.8. The first-order chi connectivity index (χ1) is 13.4. The van der Waals surface area contributed by atoms with E-state index in [1.165, 1.54) is 0 Å². The normalized spacial score (nSPS) is 17.2. The number of pyridine rings is 1. The van der Waals surface area contributed by atoms with Crippen molar-refractivity contribution in [2.45, 2.75) is 25.3 Å². The van der Waals surface area contributed by atoms with Crippen LogP contribution >= 0.6 is 34.8 Å². The van der Waals surface area contributed by atoms with Crippen LogP contribution in [0.1, 0.15) is 19.3 Å². The molecule has 2 aromatic rings. The number of piperidine rings is 1. The van der Waals surface area contributed by atoms with Crippen LogP contribution in [0.15, 0.2) is 36.5 Å². The topological polar surface area (TPSA) is 74.3 Å². The molecule has 1 saturated heterocycles. The summed E-state index contributed by atoms with van der Waals surface area (Å²) in [5, 5.41) is 6.61. The highest BCUT2D eigenvalue weighted by Gasteiger charge is 2.30. The molecule has 0 spiro atoms. The zero-order valence-corrected chi connectivity index (χ0v) is 17.2. The first-order valence-corrected chi connectivity index (χ1v) is 9.98. The van der Waals surface area contributed by atoms with Gasteiger partial charge >= 0.3 is 0 Å². The SMILES string of the molecule is O=C(CN1CCCCC1C(=O)Nc1ccc(Cl)c(Cl)c1)Nc1cccnc1Cl. The fourth-order valence-corrected chi connectivity index (χ4v) is 3.59. The minimum Gasteiger partial charge on any atom is -0.325 e. The monoisotopic (exact) mass is 440 g/mol. The number of carbonyl (C=O) groups is 2. The number of hydrogen-bond acceptors (Lipinski definition) is 4. The third-order valence-electron chi connectivity index (χ3n) is 4.48. The lowest BCUT2D eigenvalue weighted by atomic mass is 10.0. The van der Waals surface area contributed by atoms with Gasteiger partial charge < -0.3 is 10.6 Å². The molecule has 1 aromatic heterocycles. The third kappa shape index (κ3) is 5.35. The number of anilines is 2. The number of aromatic nitrogens is 1. The van der Waals surface area contributed by atoms with Crippen LogP contribution in [0.5, 0.6) is 0 Å². The summed E-state index contributed by atoms with van der Waals surface area (Å²) in [5.41, 5.74) is 1.01. The van der Waals surface area contributed by atoms with Gasteiger partial charge in [0.25, 0.3) is 0 Å². The van der Waals surface area contributed by atoms with Crippen molar-refractivity contribution < 1.29 is 9.59 Å². The van der Waals surface area contributed by atoms with Crippen molar-refractivity contribution in [3.8, 4) is 0 Å². The Balaban J connectivity index is 1.64. The largest absolute Gasteiger partial charge is 0.325 e. The molecule has 2 heterocycles. The van der Waals surface area contributed by atoms with Crippen LogP contribution in [0.4, 0.5) is 11.4 Å². The van der Waals surface area contributed by atoms with Crippen molar-refractivity contribution >= 4 is 58.0 Å². The molecular weight excluding hydrogens is 423 g/mol. The fraction of sp³-hybridized carbons (Fsp3) is 0.316. The van der Waals surface area contributed by atoms with E-state index in [1.807, 2.05) is 4.90 Å². The molecule has 3 rings (SSSR count). The van der Waals surface area contributed by atoms with Gasteiger partial charge in [0.1, 0.15) is 0 Å². The van der Waals surface area contributed by atoms with E-state index in [9.17, 15) is 9.59 Å². The minimum absolute atomic E-state index is 0.0880. The Bertz CT molecular complexity index is 878. The molecule has 6 nitrogen and oxygen atoms in total. The van der Waals surface area contributed by atoms with Crippen LogP contribution in [-0.4, -0.2) is 40.8 Å². The molecule has 1 aromatic carbocycles. The van der Waals surface area contributed by atoms with Crippen LogP contribution in [-0.2, 0) is 9.59 Å². The second-order valence-corrected chi connectivity index (χ2v) is 7.66. The zero-order valence-electron chi connectivity index (χ0n) is 14.9. The van der Waals surface area contributed by atoms with Gasteiger partial charge in [0.15, 0.2) is 5.15 Å². The first-order valence-electron chi connectivity index (χ1n) is 8.84. The highest BCUT2D eigenvalue weighted by Crippen LogP contribution is 2.26. The molecule has 0 aliphatic carbocycles. The number of rotatable bonds is 5. The molecule has 2 N–H and O–H groups in total. The number of nitrogens with one attached hydrogen (secondary N) is 2. The van der Waals surface area contributed by atoms with E-state index in [0.717, 1.165) is 12.8 Å². The van der Waals surface area contributed by atoms with Crippen LogP contribution in [0.25, 0.3) is 0 Å². The van der Waals surface area contributed by atoms with Gasteiger partial charge in [-0.3, -0.25) is 14.5 Å². The molecule has 1 unspecified atom stereocenters. The number of likely N-dealkylation sites (tertiary alicyclic amines) is 1. The van der Waals surface area contributed by atoms with Crippen LogP contribution in [0.3, 0.4) is 0 Å². The van der Waals surface area contributed by atoms with Gasteiger partial charge in [0.2, 0.25) is 11.8 Å². The molecule has 28 heavy (non-hydrogen) atoms. The lowest BCUT2D eigenvalue weighted by Gasteiger charge is -2.34. The highest BCUT2D eigenvalue weighted by molar-refractivity contribution is 6.42. The Labute approximate surface area is 178 Å². The molecule has 1 aliphatic rings. The lowest BCUT2D eigenvalue weighted by Crippen LogP contribution is -2.49. The molecule has 148 valence electrons. The molecule has 1 aliphatic heterocycles. The second-order valence-electron chi connectivity index (χ2n) is 6.49. The molecule has 0 bridgehead atoms. The highest BCUT2D eigenvalue weighted by atomic mass is 35.5. The summed E-state index contributed by atoms with van der Waals surface area (Å²) in [6.07, 6.45) is 4.07. The molecule has 9 heteroatoms. The van der Waals surface area contributed by atoms with E-state index in [-0.39, 0.29) is 23.5 Å². The van der Waals surface area contributed by atoms with E-state index in [4.69, 9.17) is 34.8 Å². The Kier molecular flexibility index (Phi) is 7.13. The Morgan fingerprint density at radius 2 is 1.93 bits per heavy atom. The average Bonchev–Trinajstić information content (AvgIpc) is 2.67. The number of amides is 2. The summed E-state index contributed by atoms with van der Waals surface area (Å²) in [7, 11) is 0.